The van der Waals surface area contributed by atoms with E-state index in [2.05, 4.69) is 4.98 Å². The number of nitro groups is 1. The summed E-state index contributed by atoms with van der Waals surface area (Å²) in [4.78, 5) is 24.5. The highest BCUT2D eigenvalue weighted by atomic mass is 35.5. The number of nitrogens with zero attached hydrogens (tertiary/aromatic N) is 2. The summed E-state index contributed by atoms with van der Waals surface area (Å²) in [6.07, 6.45) is -1.95. The van der Waals surface area contributed by atoms with E-state index < -0.39 is 35.1 Å². The quantitative estimate of drug-likeness (QED) is 0.509. The van der Waals surface area contributed by atoms with Gasteiger partial charge in [-0.3, -0.25) is 14.9 Å². The lowest BCUT2D eigenvalue weighted by atomic mass is 10.2. The molecular formula is C8H6ClF2N3O3. The smallest absolute Gasteiger partial charge is 0.300 e. The Labute approximate surface area is 98.7 Å². The maximum atomic E-state index is 11.9. The van der Waals surface area contributed by atoms with Crippen molar-refractivity contribution < 1.29 is 18.5 Å². The third-order valence-corrected chi connectivity index (χ3v) is 1.91. The molecule has 6 nitrogen and oxygen atoms in total. The number of hydrogen-bond donors (Lipinski definition) is 1. The summed E-state index contributed by atoms with van der Waals surface area (Å²) in [5.74, 6) is -0.999. The Hall–Kier alpha value is -1.83. The van der Waals surface area contributed by atoms with Crippen LogP contribution in [0.2, 0.25) is 5.15 Å². The van der Waals surface area contributed by atoms with E-state index in [1.54, 1.807) is 0 Å². The lowest BCUT2D eigenvalue weighted by molar-refractivity contribution is -0.385. The van der Waals surface area contributed by atoms with Crippen LogP contribution in [-0.2, 0) is 0 Å². The first-order chi connectivity index (χ1) is 7.91. The van der Waals surface area contributed by atoms with E-state index in [0.717, 1.165) is 12.3 Å². The average molecular weight is 266 g/mol. The molecule has 0 radical (unpaired) electrons. The number of carbonyl (C=O) groups excluding carboxylic acids is 1. The normalized spacial score (nSPS) is 10.4. The van der Waals surface area contributed by atoms with Crippen LogP contribution < -0.4 is 5.32 Å². The van der Waals surface area contributed by atoms with E-state index in [0.29, 0.717) is 0 Å². The molecule has 92 valence electrons. The molecule has 0 aliphatic rings. The molecule has 0 saturated heterocycles. The van der Waals surface area contributed by atoms with Gasteiger partial charge in [-0.05, 0) is 6.07 Å². The summed E-state index contributed by atoms with van der Waals surface area (Å²) in [6.45, 7) is -0.893. The van der Waals surface area contributed by atoms with Crippen LogP contribution in [-0.4, -0.2) is 28.8 Å². The van der Waals surface area contributed by atoms with Crippen molar-refractivity contribution in [2.45, 2.75) is 6.43 Å². The minimum Gasteiger partial charge on any atom is -0.346 e. The number of hydrogen-bond acceptors (Lipinski definition) is 4. The Balaban J connectivity index is 2.98. The van der Waals surface area contributed by atoms with Gasteiger partial charge in [0.1, 0.15) is 16.9 Å². The molecule has 0 atom stereocenters. The number of nitrogens with one attached hydrogen (secondary N) is 1. The second-order valence-corrected chi connectivity index (χ2v) is 3.27. The van der Waals surface area contributed by atoms with Gasteiger partial charge in [-0.1, -0.05) is 11.6 Å². The Morgan fingerprint density at radius 1 is 1.65 bits per heavy atom. The Morgan fingerprint density at radius 2 is 2.29 bits per heavy atom. The highest BCUT2D eigenvalue weighted by Crippen LogP contribution is 2.20. The van der Waals surface area contributed by atoms with Crippen LogP contribution in [0.4, 0.5) is 14.5 Å². The fourth-order valence-electron chi connectivity index (χ4n) is 1.02. The zero-order valence-electron chi connectivity index (χ0n) is 8.19. The largest absolute Gasteiger partial charge is 0.346 e. The molecule has 0 fully saturated rings. The minimum absolute atomic E-state index is 0.141. The lowest BCUT2D eigenvalue weighted by Gasteiger charge is -2.04. The second-order valence-electron chi connectivity index (χ2n) is 2.88. The molecule has 1 rings (SSSR count). The van der Waals surface area contributed by atoms with Crippen molar-refractivity contribution >= 4 is 23.2 Å². The zero-order chi connectivity index (χ0) is 13.0. The third-order valence-electron chi connectivity index (χ3n) is 1.71. The van der Waals surface area contributed by atoms with Crippen molar-refractivity contribution in [3.63, 3.8) is 0 Å². The molecule has 1 aromatic heterocycles. The molecule has 0 aromatic carbocycles. The van der Waals surface area contributed by atoms with E-state index >= 15 is 0 Å². The van der Waals surface area contributed by atoms with Gasteiger partial charge in [0.2, 0.25) is 0 Å². The molecule has 0 bridgehead atoms. The standard InChI is InChI=1S/C8H6ClF2N3O3/c9-6-1-4(5(2-12-6)14(16)17)8(15)13-3-7(10)11/h1-2,7H,3H2,(H,13,15). The van der Waals surface area contributed by atoms with Gasteiger partial charge in [0.05, 0.1) is 11.5 Å². The predicted octanol–water partition coefficient (Wildman–Crippen LogP) is 1.64. The number of alkyl halides is 2. The van der Waals surface area contributed by atoms with Crippen LogP contribution >= 0.6 is 11.6 Å². The van der Waals surface area contributed by atoms with Gasteiger partial charge in [-0.15, -0.1) is 0 Å². The molecule has 0 aliphatic carbocycles. The van der Waals surface area contributed by atoms with Crippen molar-refractivity contribution in [3.8, 4) is 0 Å². The van der Waals surface area contributed by atoms with Crippen LogP contribution in [0.5, 0.6) is 0 Å². The number of amides is 1. The molecular weight excluding hydrogens is 260 g/mol. The van der Waals surface area contributed by atoms with Gasteiger partial charge >= 0.3 is 0 Å². The highest BCUT2D eigenvalue weighted by molar-refractivity contribution is 6.29. The van der Waals surface area contributed by atoms with Crippen LogP contribution in [0.25, 0.3) is 0 Å². The highest BCUT2D eigenvalue weighted by Gasteiger charge is 2.21. The summed E-state index contributed by atoms with van der Waals surface area (Å²) < 4.78 is 23.7. The summed E-state index contributed by atoms with van der Waals surface area (Å²) in [6, 6.07) is 0.945. The van der Waals surface area contributed by atoms with Gasteiger partial charge < -0.3 is 5.32 Å². The molecule has 1 amide bonds. The van der Waals surface area contributed by atoms with Crippen molar-refractivity contribution in [2.24, 2.45) is 0 Å². The first kappa shape index (κ1) is 13.2. The number of halogens is 3. The van der Waals surface area contributed by atoms with Crippen molar-refractivity contribution in [1.29, 1.82) is 0 Å². The van der Waals surface area contributed by atoms with Gasteiger partial charge in [0.25, 0.3) is 18.0 Å². The first-order valence-corrected chi connectivity index (χ1v) is 4.66. The predicted molar refractivity (Wildman–Crippen MR) is 54.2 cm³/mol. The maximum absolute atomic E-state index is 11.9. The summed E-state index contributed by atoms with van der Waals surface area (Å²) in [7, 11) is 0. The van der Waals surface area contributed by atoms with Crippen LogP contribution in [0, 0.1) is 10.1 Å². The molecule has 1 aromatic rings. The van der Waals surface area contributed by atoms with E-state index in [1.807, 2.05) is 5.32 Å². The fourth-order valence-corrected chi connectivity index (χ4v) is 1.17. The number of rotatable bonds is 4. The molecule has 0 unspecified atom stereocenters. The van der Waals surface area contributed by atoms with E-state index in [9.17, 15) is 23.7 Å². The topological polar surface area (TPSA) is 85.1 Å². The summed E-state index contributed by atoms with van der Waals surface area (Å²) in [5, 5.41) is 12.3. The summed E-state index contributed by atoms with van der Waals surface area (Å²) >= 11 is 5.47. The van der Waals surface area contributed by atoms with Gasteiger partial charge in [0.15, 0.2) is 0 Å². The van der Waals surface area contributed by atoms with E-state index in [1.165, 1.54) is 0 Å². The molecule has 1 heterocycles. The molecule has 0 saturated carbocycles. The molecule has 0 spiro atoms. The average Bonchev–Trinajstić information content (AvgIpc) is 2.25. The first-order valence-electron chi connectivity index (χ1n) is 4.28. The maximum Gasteiger partial charge on any atom is 0.300 e. The number of pyridine rings is 1. The lowest BCUT2D eigenvalue weighted by Crippen LogP contribution is -2.29. The van der Waals surface area contributed by atoms with E-state index in [-0.39, 0.29) is 5.15 Å². The molecule has 9 heteroatoms. The van der Waals surface area contributed by atoms with Gasteiger partial charge in [0, 0.05) is 0 Å². The Morgan fingerprint density at radius 3 is 2.82 bits per heavy atom. The SMILES string of the molecule is O=C(NCC(F)F)c1cc(Cl)ncc1[N+](=O)[O-]. The zero-order valence-corrected chi connectivity index (χ0v) is 8.95. The molecule has 1 N–H and O–H groups in total. The number of aromatic nitrogens is 1. The monoisotopic (exact) mass is 265 g/mol. The fraction of sp³-hybridized carbons (Fsp3) is 0.250. The third kappa shape index (κ3) is 3.59. The summed E-state index contributed by atoms with van der Waals surface area (Å²) in [5.41, 5.74) is -1.00. The van der Waals surface area contributed by atoms with Gasteiger partial charge in [-0.25, -0.2) is 13.8 Å². The van der Waals surface area contributed by atoms with E-state index in [4.69, 9.17) is 11.6 Å². The molecule has 0 aliphatic heterocycles. The molecule has 17 heavy (non-hydrogen) atoms. The van der Waals surface area contributed by atoms with Crippen molar-refractivity contribution in [1.82, 2.24) is 10.3 Å². The second kappa shape index (κ2) is 5.48. The Kier molecular flexibility index (Phi) is 4.27. The van der Waals surface area contributed by atoms with Crippen LogP contribution in [0.15, 0.2) is 12.3 Å². The van der Waals surface area contributed by atoms with Crippen molar-refractivity contribution in [3.05, 3.63) is 33.1 Å². The Bertz CT molecular complexity index is 456. The van der Waals surface area contributed by atoms with Gasteiger partial charge in [-0.2, -0.15) is 0 Å². The van der Waals surface area contributed by atoms with Crippen molar-refractivity contribution in [2.75, 3.05) is 6.54 Å². The minimum atomic E-state index is -2.74. The van der Waals surface area contributed by atoms with Crippen LogP contribution in [0.1, 0.15) is 10.4 Å². The number of carbonyl (C=O) groups is 1. The van der Waals surface area contributed by atoms with Crippen LogP contribution in [0.3, 0.4) is 0 Å².